The Hall–Kier alpha value is -2.08. The first-order valence-electron chi connectivity index (χ1n) is 6.71. The molecule has 6 heteroatoms. The summed E-state index contributed by atoms with van der Waals surface area (Å²) in [4.78, 5) is 23.5. The van der Waals surface area contributed by atoms with E-state index in [0.29, 0.717) is 5.56 Å². The minimum absolute atomic E-state index is 0.0258. The predicted molar refractivity (Wildman–Crippen MR) is 75.0 cm³/mol. The molecule has 0 saturated carbocycles. The molecule has 21 heavy (non-hydrogen) atoms. The summed E-state index contributed by atoms with van der Waals surface area (Å²) >= 11 is 0. The van der Waals surface area contributed by atoms with E-state index in [1.807, 2.05) is 0 Å². The number of nitrogens with one attached hydrogen (secondary N) is 1. The first-order valence-corrected chi connectivity index (χ1v) is 6.71. The zero-order valence-corrected chi connectivity index (χ0v) is 12.2. The maximum atomic E-state index is 12.3. The van der Waals surface area contributed by atoms with E-state index in [1.54, 1.807) is 26.8 Å². The van der Waals surface area contributed by atoms with E-state index in [1.165, 1.54) is 12.1 Å². The van der Waals surface area contributed by atoms with E-state index >= 15 is 0 Å². The maximum absolute atomic E-state index is 12.3. The number of phenols is 1. The second-order valence-electron chi connectivity index (χ2n) is 6.11. The van der Waals surface area contributed by atoms with Crippen molar-refractivity contribution < 1.29 is 24.5 Å². The van der Waals surface area contributed by atoms with Gasteiger partial charge in [0.2, 0.25) is 0 Å². The van der Waals surface area contributed by atoms with Crippen molar-refractivity contribution in [1.29, 1.82) is 0 Å². The lowest BCUT2D eigenvalue weighted by molar-refractivity contribution is -0.158. The van der Waals surface area contributed by atoms with Crippen LogP contribution in [0.3, 0.4) is 0 Å². The van der Waals surface area contributed by atoms with Crippen molar-refractivity contribution in [2.24, 2.45) is 0 Å². The number of ether oxygens (including phenoxy) is 1. The van der Waals surface area contributed by atoms with Crippen LogP contribution in [0.15, 0.2) is 18.2 Å². The Morgan fingerprint density at radius 2 is 2.00 bits per heavy atom. The lowest BCUT2D eigenvalue weighted by atomic mass is 9.90. The number of esters is 1. The van der Waals surface area contributed by atoms with Crippen LogP contribution in [-0.4, -0.2) is 33.8 Å². The standard InChI is InChI=1S/C15H19NO5/c1-15(2,3)21-14(20)12-10-7-9(17)5-4-8(10)6-11(16-12)13(18)19/h4-5,7,11-12,16-17H,6H2,1-3H3,(H,18,19). The molecule has 2 unspecified atom stereocenters. The van der Waals surface area contributed by atoms with Crippen LogP contribution < -0.4 is 5.32 Å². The molecule has 1 aromatic rings. The molecule has 0 amide bonds. The van der Waals surface area contributed by atoms with Crippen LogP contribution >= 0.6 is 0 Å². The molecule has 0 saturated heterocycles. The molecule has 1 aliphatic heterocycles. The maximum Gasteiger partial charge on any atom is 0.328 e. The van der Waals surface area contributed by atoms with Gasteiger partial charge in [-0.1, -0.05) is 6.07 Å². The fourth-order valence-corrected chi connectivity index (χ4v) is 2.32. The number of phenolic OH excluding ortho intramolecular Hbond substituents is 1. The monoisotopic (exact) mass is 293 g/mol. The molecule has 0 radical (unpaired) electrons. The second kappa shape index (κ2) is 5.37. The summed E-state index contributed by atoms with van der Waals surface area (Å²) in [6, 6.07) is 2.82. The van der Waals surface area contributed by atoms with Gasteiger partial charge in [0.15, 0.2) is 0 Å². The van der Waals surface area contributed by atoms with Gasteiger partial charge in [-0.05, 0) is 50.5 Å². The van der Waals surface area contributed by atoms with Crippen molar-refractivity contribution in [1.82, 2.24) is 5.32 Å². The Balaban J connectivity index is 2.37. The molecular weight excluding hydrogens is 274 g/mol. The van der Waals surface area contributed by atoms with E-state index in [4.69, 9.17) is 4.74 Å². The minimum atomic E-state index is -1.03. The zero-order valence-electron chi connectivity index (χ0n) is 12.2. The van der Waals surface area contributed by atoms with Gasteiger partial charge >= 0.3 is 11.9 Å². The number of hydrogen-bond donors (Lipinski definition) is 3. The molecule has 0 fully saturated rings. The van der Waals surface area contributed by atoms with E-state index in [9.17, 15) is 19.8 Å². The molecule has 2 rings (SSSR count). The number of rotatable bonds is 2. The Labute approximate surface area is 122 Å². The normalized spacial score (nSPS) is 21.5. The number of carbonyl (C=O) groups excluding carboxylic acids is 1. The number of carboxylic acid groups (broad SMARTS) is 1. The summed E-state index contributed by atoms with van der Waals surface area (Å²) in [6.45, 7) is 5.23. The summed E-state index contributed by atoms with van der Waals surface area (Å²) < 4.78 is 5.33. The van der Waals surface area contributed by atoms with Crippen molar-refractivity contribution in [2.45, 2.75) is 44.9 Å². The molecule has 3 N–H and O–H groups in total. The first-order chi connectivity index (χ1) is 9.67. The third kappa shape index (κ3) is 3.52. The van der Waals surface area contributed by atoms with Crippen LogP contribution in [0, 0.1) is 0 Å². The highest BCUT2D eigenvalue weighted by Gasteiger charge is 2.36. The molecule has 0 spiro atoms. The van der Waals surface area contributed by atoms with E-state index in [2.05, 4.69) is 5.32 Å². The molecular formula is C15H19NO5. The van der Waals surface area contributed by atoms with Gasteiger partial charge < -0.3 is 14.9 Å². The zero-order chi connectivity index (χ0) is 15.8. The summed E-state index contributed by atoms with van der Waals surface area (Å²) in [6.07, 6.45) is 0.254. The average molecular weight is 293 g/mol. The summed E-state index contributed by atoms with van der Waals surface area (Å²) in [5.74, 6) is -1.56. The Morgan fingerprint density at radius 1 is 1.33 bits per heavy atom. The van der Waals surface area contributed by atoms with Crippen LogP contribution in [-0.2, 0) is 20.7 Å². The number of carbonyl (C=O) groups is 2. The molecule has 1 aromatic carbocycles. The van der Waals surface area contributed by atoms with Crippen molar-refractivity contribution in [3.05, 3.63) is 29.3 Å². The van der Waals surface area contributed by atoms with E-state index in [-0.39, 0.29) is 12.2 Å². The third-order valence-electron chi connectivity index (χ3n) is 3.17. The highest BCUT2D eigenvalue weighted by atomic mass is 16.6. The first kappa shape index (κ1) is 15.3. The number of carboxylic acids is 1. The molecule has 2 atom stereocenters. The number of fused-ring (bicyclic) bond motifs is 1. The van der Waals surface area contributed by atoms with Crippen LogP contribution in [0.25, 0.3) is 0 Å². The van der Waals surface area contributed by atoms with Crippen LogP contribution in [0.4, 0.5) is 0 Å². The van der Waals surface area contributed by atoms with Gasteiger partial charge in [0.1, 0.15) is 23.4 Å². The lowest BCUT2D eigenvalue weighted by Crippen LogP contribution is -2.48. The van der Waals surface area contributed by atoms with Crippen LogP contribution in [0.1, 0.15) is 37.9 Å². The molecule has 1 heterocycles. The van der Waals surface area contributed by atoms with Crippen molar-refractivity contribution in [3.8, 4) is 5.75 Å². The number of hydrogen-bond acceptors (Lipinski definition) is 5. The summed E-state index contributed by atoms with van der Waals surface area (Å²) in [5, 5.41) is 21.6. The number of aromatic hydroxyl groups is 1. The van der Waals surface area contributed by atoms with Crippen LogP contribution in [0.5, 0.6) is 5.75 Å². The fourth-order valence-electron chi connectivity index (χ4n) is 2.32. The van der Waals surface area contributed by atoms with Crippen molar-refractivity contribution in [3.63, 3.8) is 0 Å². The molecule has 114 valence electrons. The predicted octanol–water partition coefficient (Wildman–Crippen LogP) is 1.37. The summed E-state index contributed by atoms with van der Waals surface area (Å²) in [7, 11) is 0. The van der Waals surface area contributed by atoms with Gasteiger partial charge in [0.05, 0.1) is 0 Å². The molecule has 1 aliphatic rings. The van der Waals surface area contributed by atoms with E-state index in [0.717, 1.165) is 5.56 Å². The molecule has 0 aliphatic carbocycles. The van der Waals surface area contributed by atoms with Gasteiger partial charge in [-0.25, -0.2) is 4.79 Å². The topological polar surface area (TPSA) is 95.9 Å². The summed E-state index contributed by atoms with van der Waals surface area (Å²) in [5.41, 5.74) is 0.600. The Bertz CT molecular complexity index is 576. The average Bonchev–Trinajstić information content (AvgIpc) is 2.35. The van der Waals surface area contributed by atoms with Crippen molar-refractivity contribution in [2.75, 3.05) is 0 Å². The number of benzene rings is 1. The largest absolute Gasteiger partial charge is 0.508 e. The van der Waals surface area contributed by atoms with E-state index < -0.39 is 29.6 Å². The van der Waals surface area contributed by atoms with Gasteiger partial charge in [-0.3, -0.25) is 10.1 Å². The molecule has 6 nitrogen and oxygen atoms in total. The van der Waals surface area contributed by atoms with Gasteiger partial charge in [-0.2, -0.15) is 0 Å². The highest BCUT2D eigenvalue weighted by Crippen LogP contribution is 2.30. The SMILES string of the molecule is CC(C)(C)OC(=O)C1NC(C(=O)O)Cc2ccc(O)cc21. The van der Waals surface area contributed by atoms with Gasteiger partial charge in [0, 0.05) is 0 Å². The Kier molecular flexibility index (Phi) is 3.91. The smallest absolute Gasteiger partial charge is 0.328 e. The van der Waals surface area contributed by atoms with Gasteiger partial charge in [0.25, 0.3) is 0 Å². The van der Waals surface area contributed by atoms with Crippen LogP contribution in [0.2, 0.25) is 0 Å². The quantitative estimate of drug-likeness (QED) is 0.713. The second-order valence-corrected chi connectivity index (χ2v) is 6.11. The minimum Gasteiger partial charge on any atom is -0.508 e. The number of aliphatic carboxylic acids is 1. The lowest BCUT2D eigenvalue weighted by Gasteiger charge is -2.32. The highest BCUT2D eigenvalue weighted by molar-refractivity contribution is 5.82. The fraction of sp³-hybridized carbons (Fsp3) is 0.467. The molecule has 0 bridgehead atoms. The Morgan fingerprint density at radius 3 is 2.57 bits per heavy atom. The third-order valence-corrected chi connectivity index (χ3v) is 3.17. The van der Waals surface area contributed by atoms with Gasteiger partial charge in [-0.15, -0.1) is 0 Å². The van der Waals surface area contributed by atoms with Crippen molar-refractivity contribution >= 4 is 11.9 Å². The molecule has 0 aromatic heterocycles.